The van der Waals surface area contributed by atoms with Crippen LogP contribution >= 0.6 is 0 Å². The van der Waals surface area contributed by atoms with Gasteiger partial charge < -0.3 is 10.1 Å². The number of benzene rings is 2. The first-order chi connectivity index (χ1) is 12.7. The summed E-state index contributed by atoms with van der Waals surface area (Å²) in [6.07, 6.45) is 5.04. The molecule has 4 nitrogen and oxygen atoms in total. The minimum absolute atomic E-state index is 0.146. The summed E-state index contributed by atoms with van der Waals surface area (Å²) < 4.78 is 5.24. The van der Waals surface area contributed by atoms with Crippen LogP contribution in [0.4, 0.5) is 5.69 Å². The van der Waals surface area contributed by atoms with E-state index in [0.29, 0.717) is 5.56 Å². The van der Waals surface area contributed by atoms with E-state index in [1.807, 2.05) is 36.4 Å². The van der Waals surface area contributed by atoms with Crippen LogP contribution in [0, 0.1) is 0 Å². The molecule has 0 unspecified atom stereocenters. The SMILES string of the molecule is COc1cccc(-c2ccc(C(=O)Nc3ccc4c(c3)CCC4)cn2)c1. The molecule has 1 N–H and O–H groups in total. The average molecular weight is 344 g/mol. The molecule has 4 heteroatoms. The Morgan fingerprint density at radius 3 is 2.73 bits per heavy atom. The molecule has 0 fully saturated rings. The molecule has 1 aliphatic rings. The zero-order chi connectivity index (χ0) is 17.9. The van der Waals surface area contributed by atoms with Crippen molar-refractivity contribution in [3.63, 3.8) is 0 Å². The van der Waals surface area contributed by atoms with E-state index >= 15 is 0 Å². The Balaban J connectivity index is 1.50. The molecule has 3 aromatic rings. The molecule has 0 saturated carbocycles. The summed E-state index contributed by atoms with van der Waals surface area (Å²) in [7, 11) is 1.64. The number of aromatic nitrogens is 1. The van der Waals surface area contributed by atoms with Crippen molar-refractivity contribution in [1.82, 2.24) is 4.98 Å². The molecule has 4 rings (SSSR count). The third-order valence-electron chi connectivity index (χ3n) is 4.75. The molecule has 2 aromatic carbocycles. The molecule has 26 heavy (non-hydrogen) atoms. The van der Waals surface area contributed by atoms with Crippen molar-refractivity contribution in [3.05, 3.63) is 77.5 Å². The monoisotopic (exact) mass is 344 g/mol. The van der Waals surface area contributed by atoms with Crippen molar-refractivity contribution in [3.8, 4) is 17.0 Å². The van der Waals surface area contributed by atoms with Crippen LogP contribution < -0.4 is 10.1 Å². The molecule has 0 saturated heterocycles. The number of nitrogens with zero attached hydrogens (tertiary/aromatic N) is 1. The Bertz CT molecular complexity index is 949. The number of pyridine rings is 1. The largest absolute Gasteiger partial charge is 0.497 e. The lowest BCUT2D eigenvalue weighted by molar-refractivity contribution is 0.102. The van der Waals surface area contributed by atoms with Crippen LogP contribution in [0.25, 0.3) is 11.3 Å². The fraction of sp³-hybridized carbons (Fsp3) is 0.182. The maximum atomic E-state index is 12.5. The number of hydrogen-bond acceptors (Lipinski definition) is 3. The van der Waals surface area contributed by atoms with Crippen LogP contribution in [-0.2, 0) is 12.8 Å². The van der Waals surface area contributed by atoms with Crippen LogP contribution in [0.5, 0.6) is 5.75 Å². The van der Waals surface area contributed by atoms with Crippen molar-refractivity contribution in [2.45, 2.75) is 19.3 Å². The van der Waals surface area contributed by atoms with Gasteiger partial charge in [-0.15, -0.1) is 0 Å². The number of fused-ring (bicyclic) bond motifs is 1. The summed E-state index contributed by atoms with van der Waals surface area (Å²) in [5.74, 6) is 0.635. The number of anilines is 1. The Morgan fingerprint density at radius 1 is 1.04 bits per heavy atom. The van der Waals surface area contributed by atoms with Crippen molar-refractivity contribution in [1.29, 1.82) is 0 Å². The normalized spacial score (nSPS) is 12.5. The van der Waals surface area contributed by atoms with Gasteiger partial charge >= 0.3 is 0 Å². The molecule has 1 aliphatic carbocycles. The summed E-state index contributed by atoms with van der Waals surface area (Å²) in [5.41, 5.74) is 5.87. The van der Waals surface area contributed by atoms with E-state index in [1.165, 1.54) is 17.5 Å². The molecule has 0 spiro atoms. The predicted molar refractivity (Wildman–Crippen MR) is 103 cm³/mol. The highest BCUT2D eigenvalue weighted by Crippen LogP contribution is 2.25. The highest BCUT2D eigenvalue weighted by atomic mass is 16.5. The first-order valence-corrected chi connectivity index (χ1v) is 8.76. The zero-order valence-corrected chi connectivity index (χ0v) is 14.7. The van der Waals surface area contributed by atoms with Gasteiger partial charge in [0.1, 0.15) is 5.75 Å². The lowest BCUT2D eigenvalue weighted by Crippen LogP contribution is -2.12. The topological polar surface area (TPSA) is 51.2 Å². The Morgan fingerprint density at radius 2 is 1.92 bits per heavy atom. The molecule has 0 aliphatic heterocycles. The maximum absolute atomic E-state index is 12.5. The first kappa shape index (κ1) is 16.3. The number of hydrogen-bond donors (Lipinski definition) is 1. The highest BCUT2D eigenvalue weighted by molar-refractivity contribution is 6.04. The Labute approximate surface area is 152 Å². The molecular formula is C22H20N2O2. The molecule has 0 bridgehead atoms. The number of ether oxygens (including phenoxy) is 1. The van der Waals surface area contributed by atoms with E-state index in [4.69, 9.17) is 4.74 Å². The van der Waals surface area contributed by atoms with E-state index in [1.54, 1.807) is 19.4 Å². The van der Waals surface area contributed by atoms with Crippen LogP contribution in [0.2, 0.25) is 0 Å². The summed E-state index contributed by atoms with van der Waals surface area (Å²) in [4.78, 5) is 16.9. The summed E-state index contributed by atoms with van der Waals surface area (Å²) >= 11 is 0. The second-order valence-corrected chi connectivity index (χ2v) is 6.46. The second kappa shape index (κ2) is 7.00. The van der Waals surface area contributed by atoms with Crippen molar-refractivity contribution < 1.29 is 9.53 Å². The number of amides is 1. The maximum Gasteiger partial charge on any atom is 0.257 e. The van der Waals surface area contributed by atoms with Crippen LogP contribution in [0.1, 0.15) is 27.9 Å². The standard InChI is InChI=1S/C22H20N2O2/c1-26-20-7-3-6-17(13-20)21-11-9-18(14-23-21)22(25)24-19-10-8-15-4-2-5-16(15)12-19/h3,6-14H,2,4-5H2,1H3,(H,24,25). The van der Waals surface area contributed by atoms with Crippen LogP contribution in [0.3, 0.4) is 0 Å². The Hall–Kier alpha value is -3.14. The van der Waals surface area contributed by atoms with Gasteiger partial charge in [0, 0.05) is 17.4 Å². The van der Waals surface area contributed by atoms with Crippen molar-refractivity contribution >= 4 is 11.6 Å². The van der Waals surface area contributed by atoms with Gasteiger partial charge in [0.25, 0.3) is 5.91 Å². The number of rotatable bonds is 4. The lowest BCUT2D eigenvalue weighted by atomic mass is 10.1. The lowest BCUT2D eigenvalue weighted by Gasteiger charge is -2.08. The van der Waals surface area contributed by atoms with Crippen molar-refractivity contribution in [2.75, 3.05) is 12.4 Å². The molecule has 0 atom stereocenters. The predicted octanol–water partition coefficient (Wildman–Crippen LogP) is 4.50. The molecule has 0 radical (unpaired) electrons. The molecule has 1 amide bonds. The van der Waals surface area contributed by atoms with Crippen LogP contribution in [-0.4, -0.2) is 18.0 Å². The molecule has 1 aromatic heterocycles. The first-order valence-electron chi connectivity index (χ1n) is 8.76. The van der Waals surface area contributed by atoms with Gasteiger partial charge in [0.2, 0.25) is 0 Å². The second-order valence-electron chi connectivity index (χ2n) is 6.46. The van der Waals surface area contributed by atoms with E-state index in [9.17, 15) is 4.79 Å². The highest BCUT2D eigenvalue weighted by Gasteiger charge is 2.13. The van der Waals surface area contributed by atoms with Crippen LogP contribution in [0.15, 0.2) is 60.8 Å². The van der Waals surface area contributed by atoms with Gasteiger partial charge in [-0.05, 0) is 66.8 Å². The van der Waals surface area contributed by atoms with Gasteiger partial charge in [-0.3, -0.25) is 9.78 Å². The summed E-state index contributed by atoms with van der Waals surface area (Å²) in [6.45, 7) is 0. The third-order valence-corrected chi connectivity index (χ3v) is 4.75. The van der Waals surface area contributed by atoms with E-state index in [0.717, 1.165) is 35.5 Å². The smallest absolute Gasteiger partial charge is 0.257 e. The van der Waals surface area contributed by atoms with Crippen molar-refractivity contribution in [2.24, 2.45) is 0 Å². The summed E-state index contributed by atoms with van der Waals surface area (Å²) in [5, 5.41) is 2.97. The molecule has 130 valence electrons. The van der Waals surface area contributed by atoms with E-state index < -0.39 is 0 Å². The van der Waals surface area contributed by atoms with Gasteiger partial charge in [-0.2, -0.15) is 0 Å². The molecule has 1 heterocycles. The van der Waals surface area contributed by atoms with E-state index in [2.05, 4.69) is 22.4 Å². The molecular weight excluding hydrogens is 324 g/mol. The minimum Gasteiger partial charge on any atom is -0.497 e. The Kier molecular flexibility index (Phi) is 4.40. The zero-order valence-electron chi connectivity index (χ0n) is 14.7. The number of nitrogens with one attached hydrogen (secondary N) is 1. The summed E-state index contributed by atoms with van der Waals surface area (Å²) in [6, 6.07) is 17.5. The fourth-order valence-electron chi connectivity index (χ4n) is 3.33. The van der Waals surface area contributed by atoms with E-state index in [-0.39, 0.29) is 5.91 Å². The van der Waals surface area contributed by atoms with Gasteiger partial charge in [-0.1, -0.05) is 18.2 Å². The number of carbonyl (C=O) groups excluding carboxylic acids is 1. The number of aryl methyl sites for hydroxylation is 2. The third kappa shape index (κ3) is 3.31. The van der Waals surface area contributed by atoms with Gasteiger partial charge in [0.15, 0.2) is 0 Å². The average Bonchev–Trinajstić information content (AvgIpc) is 3.16. The van der Waals surface area contributed by atoms with Gasteiger partial charge in [-0.25, -0.2) is 0 Å². The number of carbonyl (C=O) groups is 1. The number of methoxy groups -OCH3 is 1. The minimum atomic E-state index is -0.146. The van der Waals surface area contributed by atoms with Gasteiger partial charge in [0.05, 0.1) is 18.4 Å². The quantitative estimate of drug-likeness (QED) is 0.758. The fourth-order valence-corrected chi connectivity index (χ4v) is 3.33.